The third-order valence-corrected chi connectivity index (χ3v) is 5.22. The number of nitrogens with one attached hydrogen (secondary N) is 1. The fourth-order valence-corrected chi connectivity index (χ4v) is 3.37. The lowest BCUT2D eigenvalue weighted by Gasteiger charge is -2.04. The van der Waals surface area contributed by atoms with Crippen molar-refractivity contribution in [1.82, 2.24) is 19.9 Å². The highest BCUT2D eigenvalue weighted by Gasteiger charge is 2.11. The van der Waals surface area contributed by atoms with Crippen molar-refractivity contribution in [3.05, 3.63) is 60.4 Å². The fraction of sp³-hybridized carbons (Fsp3) is 0.105. The molecule has 2 aromatic heterocycles. The Morgan fingerprint density at radius 2 is 1.65 bits per heavy atom. The number of fused-ring (bicyclic) bond motifs is 1. The van der Waals surface area contributed by atoms with E-state index in [2.05, 4.69) is 19.9 Å². The molecule has 26 heavy (non-hydrogen) atoms. The number of sulfone groups is 1. The van der Waals surface area contributed by atoms with Crippen LogP contribution < -0.4 is 0 Å². The molecule has 0 aliphatic rings. The molecule has 7 heteroatoms. The van der Waals surface area contributed by atoms with Crippen molar-refractivity contribution < 1.29 is 8.42 Å². The lowest BCUT2D eigenvalue weighted by atomic mass is 10.1. The van der Waals surface area contributed by atoms with Crippen molar-refractivity contribution in [2.24, 2.45) is 0 Å². The van der Waals surface area contributed by atoms with Gasteiger partial charge in [0.15, 0.2) is 15.7 Å². The van der Waals surface area contributed by atoms with E-state index in [-0.39, 0.29) is 4.90 Å². The molecule has 0 atom stereocenters. The van der Waals surface area contributed by atoms with Gasteiger partial charge in [-0.1, -0.05) is 18.2 Å². The van der Waals surface area contributed by atoms with E-state index in [1.165, 1.54) is 6.26 Å². The number of nitrogens with zero attached hydrogens (tertiary/aromatic N) is 3. The zero-order valence-electron chi connectivity index (χ0n) is 14.3. The Balaban J connectivity index is 1.74. The van der Waals surface area contributed by atoms with Crippen molar-refractivity contribution >= 4 is 20.9 Å². The maximum Gasteiger partial charge on any atom is 0.175 e. The van der Waals surface area contributed by atoms with Crippen LogP contribution in [-0.4, -0.2) is 34.6 Å². The number of aromatic amines is 1. The van der Waals surface area contributed by atoms with Crippen LogP contribution in [0.25, 0.3) is 33.8 Å². The molecule has 0 amide bonds. The summed E-state index contributed by atoms with van der Waals surface area (Å²) < 4.78 is 23.2. The first-order chi connectivity index (χ1) is 12.4. The monoisotopic (exact) mass is 364 g/mol. The molecule has 2 aromatic carbocycles. The van der Waals surface area contributed by atoms with Gasteiger partial charge < -0.3 is 4.98 Å². The lowest BCUT2D eigenvalue weighted by molar-refractivity contribution is 0.602. The first-order valence-corrected chi connectivity index (χ1v) is 9.88. The summed E-state index contributed by atoms with van der Waals surface area (Å²) in [7, 11) is -3.22. The van der Waals surface area contributed by atoms with Crippen molar-refractivity contribution in [3.8, 4) is 22.8 Å². The first-order valence-electron chi connectivity index (χ1n) is 7.99. The standard InChI is InChI=1S/C19H16N4O2S/c1-12-3-8-15-16(9-12)23-19(22-15)18-11-20-10-17(21-18)13-4-6-14(7-5-13)26(2,24)25/h3-11H,1-2H3,(H,22,23). The molecular weight excluding hydrogens is 348 g/mol. The Morgan fingerprint density at radius 1 is 0.923 bits per heavy atom. The SMILES string of the molecule is Cc1ccc2nc(-c3cncc(-c4ccc(S(C)(=O)=O)cc4)n3)[nH]c2c1. The molecule has 0 spiro atoms. The molecule has 0 saturated carbocycles. The molecule has 0 saturated heterocycles. The van der Waals surface area contributed by atoms with Crippen molar-refractivity contribution in [3.63, 3.8) is 0 Å². The molecule has 0 radical (unpaired) electrons. The Labute approximate surface area is 150 Å². The van der Waals surface area contributed by atoms with E-state index >= 15 is 0 Å². The summed E-state index contributed by atoms with van der Waals surface area (Å²) in [5.74, 6) is 0.646. The molecule has 6 nitrogen and oxygen atoms in total. The zero-order valence-corrected chi connectivity index (χ0v) is 15.1. The van der Waals surface area contributed by atoms with Gasteiger partial charge in [-0.15, -0.1) is 0 Å². The van der Waals surface area contributed by atoms with E-state index < -0.39 is 9.84 Å². The van der Waals surface area contributed by atoms with Gasteiger partial charge in [0.25, 0.3) is 0 Å². The van der Waals surface area contributed by atoms with E-state index in [0.29, 0.717) is 17.2 Å². The summed E-state index contributed by atoms with van der Waals surface area (Å²) in [6, 6.07) is 12.6. The first kappa shape index (κ1) is 16.4. The normalized spacial score (nSPS) is 11.8. The summed E-state index contributed by atoms with van der Waals surface area (Å²) in [6.45, 7) is 2.03. The number of hydrogen-bond acceptors (Lipinski definition) is 5. The molecule has 0 unspecified atom stereocenters. The van der Waals surface area contributed by atoms with Crippen LogP contribution in [0.2, 0.25) is 0 Å². The van der Waals surface area contributed by atoms with Gasteiger partial charge in [-0.2, -0.15) is 0 Å². The number of H-pyrrole nitrogens is 1. The van der Waals surface area contributed by atoms with Gasteiger partial charge >= 0.3 is 0 Å². The Morgan fingerprint density at radius 3 is 2.38 bits per heavy atom. The predicted molar refractivity (Wildman–Crippen MR) is 100 cm³/mol. The molecule has 0 aliphatic heterocycles. The summed E-state index contributed by atoms with van der Waals surface area (Å²) in [5, 5.41) is 0. The molecule has 1 N–H and O–H groups in total. The highest BCUT2D eigenvalue weighted by Crippen LogP contribution is 2.23. The van der Waals surface area contributed by atoms with Gasteiger partial charge in [0, 0.05) is 11.8 Å². The van der Waals surface area contributed by atoms with Crippen LogP contribution in [0.3, 0.4) is 0 Å². The molecular formula is C19H16N4O2S. The van der Waals surface area contributed by atoms with Crippen LogP contribution in [0.5, 0.6) is 0 Å². The third kappa shape index (κ3) is 3.09. The van der Waals surface area contributed by atoms with Gasteiger partial charge in [-0.3, -0.25) is 4.98 Å². The summed E-state index contributed by atoms with van der Waals surface area (Å²) in [5.41, 5.74) is 5.04. The molecule has 130 valence electrons. The van der Waals surface area contributed by atoms with Crippen LogP contribution in [0.1, 0.15) is 5.56 Å². The summed E-state index contributed by atoms with van der Waals surface area (Å²) >= 11 is 0. The van der Waals surface area contributed by atoms with E-state index in [0.717, 1.165) is 22.2 Å². The number of aryl methyl sites for hydroxylation is 1. The average molecular weight is 364 g/mol. The summed E-state index contributed by atoms with van der Waals surface area (Å²) in [4.78, 5) is 17.0. The minimum Gasteiger partial charge on any atom is -0.337 e. The van der Waals surface area contributed by atoms with Gasteiger partial charge in [0.05, 0.1) is 34.0 Å². The number of hydrogen-bond donors (Lipinski definition) is 1. The van der Waals surface area contributed by atoms with Crippen molar-refractivity contribution in [2.45, 2.75) is 11.8 Å². The lowest BCUT2D eigenvalue weighted by Crippen LogP contribution is -1.97. The number of benzene rings is 2. The quantitative estimate of drug-likeness (QED) is 0.602. The fourth-order valence-electron chi connectivity index (χ4n) is 2.74. The second-order valence-electron chi connectivity index (χ2n) is 6.19. The molecule has 0 fully saturated rings. The summed E-state index contributed by atoms with van der Waals surface area (Å²) in [6.07, 6.45) is 4.48. The highest BCUT2D eigenvalue weighted by molar-refractivity contribution is 7.90. The Bertz CT molecular complexity index is 1210. The molecule has 4 aromatic rings. The predicted octanol–water partition coefficient (Wildman–Crippen LogP) is 3.40. The average Bonchev–Trinajstić information content (AvgIpc) is 3.04. The van der Waals surface area contributed by atoms with Crippen molar-refractivity contribution in [1.29, 1.82) is 0 Å². The topological polar surface area (TPSA) is 88.6 Å². The minimum atomic E-state index is -3.22. The zero-order chi connectivity index (χ0) is 18.3. The largest absolute Gasteiger partial charge is 0.337 e. The molecule has 0 aliphatic carbocycles. The second-order valence-corrected chi connectivity index (χ2v) is 8.21. The molecule has 2 heterocycles. The number of aromatic nitrogens is 4. The minimum absolute atomic E-state index is 0.276. The molecule has 4 rings (SSSR count). The van der Waals surface area contributed by atoms with Crippen molar-refractivity contribution in [2.75, 3.05) is 6.26 Å². The maximum atomic E-state index is 11.6. The van der Waals surface area contributed by atoms with E-state index in [1.807, 2.05) is 25.1 Å². The van der Waals surface area contributed by atoms with Gasteiger partial charge in [-0.05, 0) is 36.8 Å². The Kier molecular flexibility index (Phi) is 3.81. The smallest absolute Gasteiger partial charge is 0.175 e. The van der Waals surface area contributed by atoms with Gasteiger partial charge in [-0.25, -0.2) is 18.4 Å². The van der Waals surface area contributed by atoms with Crippen LogP contribution in [-0.2, 0) is 9.84 Å². The number of rotatable bonds is 3. The van der Waals surface area contributed by atoms with Gasteiger partial charge in [0.1, 0.15) is 5.69 Å². The van der Waals surface area contributed by atoms with E-state index in [9.17, 15) is 8.42 Å². The highest BCUT2D eigenvalue weighted by atomic mass is 32.2. The molecule has 0 bridgehead atoms. The second kappa shape index (κ2) is 6.03. The Hall–Kier alpha value is -3.06. The van der Waals surface area contributed by atoms with Crippen LogP contribution in [0.15, 0.2) is 59.8 Å². The van der Waals surface area contributed by atoms with E-state index in [4.69, 9.17) is 0 Å². The van der Waals surface area contributed by atoms with Crippen LogP contribution >= 0.6 is 0 Å². The number of imidazole rings is 1. The third-order valence-electron chi connectivity index (χ3n) is 4.09. The van der Waals surface area contributed by atoms with Crippen LogP contribution in [0.4, 0.5) is 0 Å². The van der Waals surface area contributed by atoms with Gasteiger partial charge in [0.2, 0.25) is 0 Å². The maximum absolute atomic E-state index is 11.6. The van der Waals surface area contributed by atoms with Crippen LogP contribution in [0, 0.1) is 6.92 Å². The van der Waals surface area contributed by atoms with E-state index in [1.54, 1.807) is 36.7 Å².